The first kappa shape index (κ1) is 14.3. The van der Waals surface area contributed by atoms with Gasteiger partial charge >= 0.3 is 0 Å². The van der Waals surface area contributed by atoms with Crippen LogP contribution in [0.4, 0.5) is 11.4 Å². The number of fused-ring (bicyclic) bond motifs is 1. The van der Waals surface area contributed by atoms with Gasteiger partial charge in [0, 0.05) is 28.8 Å². The number of benzene rings is 1. The fourth-order valence-corrected chi connectivity index (χ4v) is 2.91. The number of rotatable bonds is 5. The molecule has 1 amide bonds. The molecule has 0 aliphatic carbocycles. The summed E-state index contributed by atoms with van der Waals surface area (Å²) in [6, 6.07) is 3.77. The van der Waals surface area contributed by atoms with Crippen LogP contribution in [0, 0.1) is 0 Å². The molecule has 1 aromatic rings. The highest BCUT2D eigenvalue weighted by Gasteiger charge is 2.29. The van der Waals surface area contributed by atoms with E-state index >= 15 is 0 Å². The average molecular weight is 327 g/mol. The third kappa shape index (κ3) is 2.77. The third-order valence-corrected chi connectivity index (χ3v) is 4.06. The summed E-state index contributed by atoms with van der Waals surface area (Å²) < 4.78 is 0.916. The first-order valence-corrected chi connectivity index (χ1v) is 7.45. The van der Waals surface area contributed by atoms with E-state index in [0.717, 1.165) is 36.1 Å². The molecule has 2 N–H and O–H groups in total. The second kappa shape index (κ2) is 5.92. The van der Waals surface area contributed by atoms with Crippen LogP contribution >= 0.6 is 15.9 Å². The van der Waals surface area contributed by atoms with Crippen LogP contribution in [0.25, 0.3) is 0 Å². The molecular weight excluding hydrogens is 308 g/mol. The van der Waals surface area contributed by atoms with Gasteiger partial charge in [-0.05, 0) is 41.4 Å². The standard InChI is InChI=1S/C14H19BrN2O2/c1-3-5-6-17(4-2)12-8-11-9(7-10(12)15)13(18)14(19)16-11/h7-8,13,18H,3-6H2,1-2H3,(H,16,19). The monoisotopic (exact) mass is 326 g/mol. The number of nitrogens with zero attached hydrogens (tertiary/aromatic N) is 1. The molecule has 1 aliphatic heterocycles. The van der Waals surface area contributed by atoms with Gasteiger partial charge in [0.1, 0.15) is 0 Å². The van der Waals surface area contributed by atoms with E-state index in [-0.39, 0.29) is 5.91 Å². The van der Waals surface area contributed by atoms with Crippen LogP contribution in [0.1, 0.15) is 38.4 Å². The number of carbonyl (C=O) groups is 1. The van der Waals surface area contributed by atoms with Crippen molar-refractivity contribution in [2.24, 2.45) is 0 Å². The zero-order valence-corrected chi connectivity index (χ0v) is 12.8. The van der Waals surface area contributed by atoms with Gasteiger partial charge in [0.2, 0.25) is 0 Å². The number of amides is 1. The molecule has 19 heavy (non-hydrogen) atoms. The number of carbonyl (C=O) groups excluding carboxylic acids is 1. The molecule has 1 aliphatic rings. The van der Waals surface area contributed by atoms with E-state index in [1.54, 1.807) is 0 Å². The van der Waals surface area contributed by atoms with Crippen LogP contribution < -0.4 is 10.2 Å². The van der Waals surface area contributed by atoms with Crippen molar-refractivity contribution >= 4 is 33.2 Å². The van der Waals surface area contributed by atoms with E-state index in [0.29, 0.717) is 11.3 Å². The average Bonchev–Trinajstić information content (AvgIpc) is 2.66. The van der Waals surface area contributed by atoms with Gasteiger partial charge in [-0.1, -0.05) is 13.3 Å². The van der Waals surface area contributed by atoms with Crippen molar-refractivity contribution in [2.45, 2.75) is 32.8 Å². The Labute approximate surface area is 121 Å². The minimum absolute atomic E-state index is 0.351. The lowest BCUT2D eigenvalue weighted by Crippen LogP contribution is -2.24. The molecule has 0 aromatic heterocycles. The zero-order valence-electron chi connectivity index (χ0n) is 11.2. The number of anilines is 2. The Morgan fingerprint density at radius 1 is 1.42 bits per heavy atom. The molecule has 0 saturated heterocycles. The molecule has 0 saturated carbocycles. The Balaban J connectivity index is 2.32. The number of hydrogen-bond acceptors (Lipinski definition) is 3. The van der Waals surface area contributed by atoms with E-state index in [1.165, 1.54) is 0 Å². The van der Waals surface area contributed by atoms with E-state index in [2.05, 4.69) is 40.0 Å². The van der Waals surface area contributed by atoms with Crippen molar-refractivity contribution in [1.29, 1.82) is 0 Å². The van der Waals surface area contributed by atoms with Crippen molar-refractivity contribution in [3.8, 4) is 0 Å². The van der Waals surface area contributed by atoms with Crippen LogP contribution in [0.15, 0.2) is 16.6 Å². The molecule has 0 fully saturated rings. The van der Waals surface area contributed by atoms with Gasteiger partial charge in [-0.25, -0.2) is 0 Å². The molecule has 5 heteroatoms. The summed E-state index contributed by atoms with van der Waals surface area (Å²) in [4.78, 5) is 13.7. The molecule has 1 heterocycles. The molecule has 0 radical (unpaired) electrons. The van der Waals surface area contributed by atoms with Crippen LogP contribution in [0.3, 0.4) is 0 Å². The SMILES string of the molecule is CCCCN(CC)c1cc2c(cc1Br)C(O)C(=O)N2. The maximum absolute atomic E-state index is 11.5. The summed E-state index contributed by atoms with van der Waals surface area (Å²) in [5, 5.41) is 12.5. The lowest BCUT2D eigenvalue weighted by molar-refractivity contribution is -0.123. The minimum Gasteiger partial charge on any atom is -0.378 e. The van der Waals surface area contributed by atoms with E-state index < -0.39 is 6.10 Å². The van der Waals surface area contributed by atoms with Crippen molar-refractivity contribution < 1.29 is 9.90 Å². The maximum Gasteiger partial charge on any atom is 0.257 e. The molecule has 1 atom stereocenters. The van der Waals surface area contributed by atoms with Gasteiger partial charge in [-0.2, -0.15) is 0 Å². The van der Waals surface area contributed by atoms with Crippen molar-refractivity contribution in [3.05, 3.63) is 22.2 Å². The third-order valence-electron chi connectivity index (χ3n) is 3.42. The predicted molar refractivity (Wildman–Crippen MR) is 80.5 cm³/mol. The van der Waals surface area contributed by atoms with Crippen LogP contribution in [-0.4, -0.2) is 24.1 Å². The van der Waals surface area contributed by atoms with Gasteiger partial charge in [-0.3, -0.25) is 4.79 Å². The zero-order chi connectivity index (χ0) is 14.0. The molecule has 1 unspecified atom stereocenters. The number of unbranched alkanes of at least 4 members (excludes halogenated alkanes) is 1. The fraction of sp³-hybridized carbons (Fsp3) is 0.500. The highest BCUT2D eigenvalue weighted by Crippen LogP contribution is 2.39. The van der Waals surface area contributed by atoms with E-state index in [1.807, 2.05) is 12.1 Å². The Morgan fingerprint density at radius 3 is 2.79 bits per heavy atom. The Hall–Kier alpha value is -1.07. The van der Waals surface area contributed by atoms with Gasteiger partial charge in [0.15, 0.2) is 6.10 Å². The Kier molecular flexibility index (Phi) is 4.47. The van der Waals surface area contributed by atoms with Gasteiger partial charge in [0.05, 0.1) is 5.69 Å². The maximum atomic E-state index is 11.5. The van der Waals surface area contributed by atoms with Crippen LogP contribution in [0.5, 0.6) is 0 Å². The van der Waals surface area contributed by atoms with Gasteiger partial charge in [-0.15, -0.1) is 0 Å². The van der Waals surface area contributed by atoms with Crippen molar-refractivity contribution in [1.82, 2.24) is 0 Å². The van der Waals surface area contributed by atoms with Gasteiger partial charge < -0.3 is 15.3 Å². The lowest BCUT2D eigenvalue weighted by atomic mass is 10.1. The number of aliphatic hydroxyl groups is 1. The molecule has 104 valence electrons. The summed E-state index contributed by atoms with van der Waals surface area (Å²) in [6.07, 6.45) is 1.23. The number of halogens is 1. The van der Waals surface area contributed by atoms with Gasteiger partial charge in [0.25, 0.3) is 5.91 Å². The number of hydrogen-bond donors (Lipinski definition) is 2. The molecular formula is C14H19BrN2O2. The summed E-state index contributed by atoms with van der Waals surface area (Å²) in [5.74, 6) is -0.351. The fourth-order valence-electron chi connectivity index (χ4n) is 2.29. The topological polar surface area (TPSA) is 52.6 Å². The largest absolute Gasteiger partial charge is 0.378 e. The van der Waals surface area contributed by atoms with E-state index in [9.17, 15) is 9.90 Å². The summed E-state index contributed by atoms with van der Waals surface area (Å²) >= 11 is 3.54. The highest BCUT2D eigenvalue weighted by molar-refractivity contribution is 9.10. The smallest absolute Gasteiger partial charge is 0.257 e. The molecule has 0 bridgehead atoms. The lowest BCUT2D eigenvalue weighted by Gasteiger charge is -2.25. The van der Waals surface area contributed by atoms with Crippen molar-refractivity contribution in [2.75, 3.05) is 23.3 Å². The van der Waals surface area contributed by atoms with E-state index in [4.69, 9.17) is 0 Å². The quantitative estimate of drug-likeness (QED) is 0.874. The number of nitrogens with one attached hydrogen (secondary N) is 1. The highest BCUT2D eigenvalue weighted by atomic mass is 79.9. The van der Waals surface area contributed by atoms with Crippen molar-refractivity contribution in [3.63, 3.8) is 0 Å². The van der Waals surface area contributed by atoms with Crippen LogP contribution in [-0.2, 0) is 4.79 Å². The molecule has 0 spiro atoms. The molecule has 4 nitrogen and oxygen atoms in total. The second-order valence-corrected chi connectivity index (χ2v) is 5.57. The first-order chi connectivity index (χ1) is 9.08. The Morgan fingerprint density at radius 2 is 2.16 bits per heavy atom. The van der Waals surface area contributed by atoms with Crippen LogP contribution in [0.2, 0.25) is 0 Å². The predicted octanol–water partition coefficient (Wildman–Crippen LogP) is 3.06. The Bertz CT molecular complexity index is 491. The normalized spacial score (nSPS) is 17.3. The number of aliphatic hydroxyl groups excluding tert-OH is 1. The summed E-state index contributed by atoms with van der Waals surface area (Å²) in [6.45, 7) is 6.18. The second-order valence-electron chi connectivity index (χ2n) is 4.72. The minimum atomic E-state index is -1.05. The summed E-state index contributed by atoms with van der Waals surface area (Å²) in [5.41, 5.74) is 2.42. The summed E-state index contributed by atoms with van der Waals surface area (Å²) in [7, 11) is 0. The molecule has 2 rings (SSSR count). The molecule has 1 aromatic carbocycles. The first-order valence-electron chi connectivity index (χ1n) is 6.65.